The van der Waals surface area contributed by atoms with Gasteiger partial charge in [-0.3, -0.25) is 0 Å². The van der Waals surface area contributed by atoms with Crippen LogP contribution in [0.15, 0.2) is 0 Å². The molecule has 4 fully saturated rings. The highest BCUT2D eigenvalue weighted by Crippen LogP contribution is 2.62. The first-order chi connectivity index (χ1) is 10.2. The van der Waals surface area contributed by atoms with E-state index in [-0.39, 0.29) is 23.0 Å². The quantitative estimate of drug-likeness (QED) is 0.831. The van der Waals surface area contributed by atoms with Crippen LogP contribution in [-0.4, -0.2) is 39.4 Å². The second kappa shape index (κ2) is 5.59. The molecular weight excluding hydrogens is 298 g/mol. The summed E-state index contributed by atoms with van der Waals surface area (Å²) in [4.78, 5) is 12.3. The van der Waals surface area contributed by atoms with Crippen LogP contribution in [0.5, 0.6) is 0 Å². The summed E-state index contributed by atoms with van der Waals surface area (Å²) in [6, 6.07) is 0. The highest BCUT2D eigenvalue weighted by atomic mass is 32.2. The Morgan fingerprint density at radius 3 is 2.45 bits per heavy atom. The Kier molecular flexibility index (Phi) is 4.17. The summed E-state index contributed by atoms with van der Waals surface area (Å²) >= 11 is 1.93. The van der Waals surface area contributed by atoms with Gasteiger partial charge in [-0.15, -0.1) is 0 Å². The van der Waals surface area contributed by atoms with Crippen LogP contribution < -0.4 is 5.32 Å². The van der Waals surface area contributed by atoms with Crippen molar-refractivity contribution in [3.63, 3.8) is 0 Å². The molecule has 2 atom stereocenters. The summed E-state index contributed by atoms with van der Waals surface area (Å²) in [5, 5.41) is 12.4. The molecule has 4 aliphatic carbocycles. The first-order valence-corrected chi connectivity index (χ1v) is 9.48. The third kappa shape index (κ3) is 3.40. The van der Waals surface area contributed by atoms with E-state index in [1.165, 1.54) is 19.3 Å². The number of hydrogen-bond acceptors (Lipinski definition) is 4. The number of nitrogens with one attached hydrogen (secondary N) is 1. The van der Waals surface area contributed by atoms with Gasteiger partial charge in [0.2, 0.25) is 0 Å². The minimum absolute atomic E-state index is 0.0745. The molecule has 0 spiro atoms. The lowest BCUT2D eigenvalue weighted by Gasteiger charge is -2.61. The van der Waals surface area contributed by atoms with E-state index in [9.17, 15) is 9.90 Å². The van der Waals surface area contributed by atoms with E-state index >= 15 is 0 Å². The molecule has 0 aromatic carbocycles. The molecule has 0 aromatic heterocycles. The second-order valence-corrected chi connectivity index (χ2v) is 10.2. The summed E-state index contributed by atoms with van der Waals surface area (Å²) < 4.78 is 5.76. The van der Waals surface area contributed by atoms with E-state index in [0.717, 1.165) is 36.9 Å². The van der Waals surface area contributed by atoms with Gasteiger partial charge in [0, 0.05) is 16.0 Å². The summed E-state index contributed by atoms with van der Waals surface area (Å²) in [5.41, 5.74) is -0.523. The topological polar surface area (TPSA) is 58.6 Å². The fraction of sp³-hybridized carbons (Fsp3) is 0.941. The second-order valence-electron chi connectivity index (χ2n) is 8.62. The van der Waals surface area contributed by atoms with Gasteiger partial charge in [-0.05, 0) is 71.1 Å². The average molecular weight is 327 g/mol. The fourth-order valence-electron chi connectivity index (χ4n) is 5.28. The molecule has 4 aliphatic rings. The maximum absolute atomic E-state index is 12.3. The minimum Gasteiger partial charge on any atom is -0.444 e. The summed E-state index contributed by atoms with van der Waals surface area (Å²) in [6.45, 7) is 5.97. The number of aliphatic hydroxyl groups excluding tert-OH is 1. The number of amides is 1. The number of ether oxygens (including phenoxy) is 1. The third-order valence-corrected chi connectivity index (χ3v) is 6.75. The molecule has 2 unspecified atom stereocenters. The number of hydrogen-bond donors (Lipinski definition) is 2. The maximum atomic E-state index is 12.3. The summed E-state index contributed by atoms with van der Waals surface area (Å²) in [7, 11) is 0. The Morgan fingerprint density at radius 1 is 1.27 bits per heavy atom. The minimum atomic E-state index is -0.449. The summed E-state index contributed by atoms with van der Waals surface area (Å²) in [6.07, 6.45) is 6.80. The molecule has 0 aromatic rings. The van der Waals surface area contributed by atoms with Crippen LogP contribution in [-0.2, 0) is 4.74 Å². The summed E-state index contributed by atoms with van der Waals surface area (Å²) in [5.74, 6) is 2.26. The van der Waals surface area contributed by atoms with E-state index in [2.05, 4.69) is 5.32 Å². The van der Waals surface area contributed by atoms with Crippen LogP contribution in [0.3, 0.4) is 0 Å². The van der Waals surface area contributed by atoms with E-state index in [0.29, 0.717) is 0 Å². The molecule has 22 heavy (non-hydrogen) atoms. The van der Waals surface area contributed by atoms with Crippen LogP contribution in [0.4, 0.5) is 4.79 Å². The number of carbonyl (C=O) groups is 1. The highest BCUT2D eigenvalue weighted by Gasteiger charge is 2.58. The van der Waals surface area contributed by atoms with Crippen molar-refractivity contribution in [2.75, 3.05) is 12.4 Å². The van der Waals surface area contributed by atoms with Crippen LogP contribution in [0.1, 0.15) is 59.3 Å². The van der Waals surface area contributed by atoms with Gasteiger partial charge in [0.15, 0.2) is 0 Å². The van der Waals surface area contributed by atoms with Crippen LogP contribution in [0.2, 0.25) is 0 Å². The van der Waals surface area contributed by atoms with Gasteiger partial charge in [0.25, 0.3) is 0 Å². The van der Waals surface area contributed by atoms with Crippen molar-refractivity contribution in [3.8, 4) is 0 Å². The molecular formula is C17H29NO3S. The Labute approximate surface area is 137 Å². The smallest absolute Gasteiger partial charge is 0.408 e. The predicted molar refractivity (Wildman–Crippen MR) is 89.1 cm³/mol. The zero-order chi connectivity index (χ0) is 16.0. The number of thioether (sulfide) groups is 1. The van der Waals surface area contributed by atoms with Gasteiger partial charge in [-0.2, -0.15) is 11.8 Å². The van der Waals surface area contributed by atoms with Crippen molar-refractivity contribution in [2.45, 2.75) is 75.2 Å². The van der Waals surface area contributed by atoms with Crippen molar-refractivity contribution >= 4 is 17.9 Å². The van der Waals surface area contributed by atoms with Crippen LogP contribution in [0.25, 0.3) is 0 Å². The largest absolute Gasteiger partial charge is 0.444 e. The average Bonchev–Trinajstić information content (AvgIpc) is 2.31. The Bertz CT molecular complexity index is 432. The number of aliphatic hydroxyl groups is 1. The Morgan fingerprint density at radius 2 is 1.91 bits per heavy atom. The lowest BCUT2D eigenvalue weighted by Crippen LogP contribution is -2.65. The van der Waals surface area contributed by atoms with Gasteiger partial charge in [0.05, 0.1) is 6.61 Å². The maximum Gasteiger partial charge on any atom is 0.408 e. The van der Waals surface area contributed by atoms with Crippen molar-refractivity contribution in [1.82, 2.24) is 5.32 Å². The molecule has 0 heterocycles. The number of rotatable bonds is 4. The van der Waals surface area contributed by atoms with E-state index in [1.54, 1.807) is 0 Å². The lowest BCUT2D eigenvalue weighted by atomic mass is 9.52. The van der Waals surface area contributed by atoms with E-state index in [1.807, 2.05) is 32.5 Å². The normalized spacial score (nSPS) is 39.8. The molecule has 0 radical (unpaired) electrons. The molecule has 4 rings (SSSR count). The Hall–Kier alpha value is -0.420. The number of alkyl carbamates (subject to hydrolysis) is 1. The fourth-order valence-corrected chi connectivity index (χ4v) is 6.89. The molecule has 4 nitrogen and oxygen atoms in total. The van der Waals surface area contributed by atoms with Crippen molar-refractivity contribution in [1.29, 1.82) is 0 Å². The van der Waals surface area contributed by atoms with Crippen molar-refractivity contribution in [3.05, 3.63) is 0 Å². The SMILES string of the molecule is CC(C)(C)OC(=O)NC12CC3CC(C1)CC(SCCO)(C3)C2. The van der Waals surface area contributed by atoms with E-state index < -0.39 is 5.60 Å². The van der Waals surface area contributed by atoms with Gasteiger partial charge in [-0.1, -0.05) is 0 Å². The van der Waals surface area contributed by atoms with Crippen molar-refractivity contribution < 1.29 is 14.6 Å². The van der Waals surface area contributed by atoms with Crippen LogP contribution in [0, 0.1) is 11.8 Å². The molecule has 4 saturated carbocycles. The molecule has 2 N–H and O–H groups in total. The highest BCUT2D eigenvalue weighted by molar-refractivity contribution is 8.00. The van der Waals surface area contributed by atoms with Gasteiger partial charge in [0.1, 0.15) is 5.60 Å². The van der Waals surface area contributed by atoms with E-state index in [4.69, 9.17) is 4.74 Å². The first-order valence-electron chi connectivity index (χ1n) is 8.49. The monoisotopic (exact) mass is 327 g/mol. The van der Waals surface area contributed by atoms with Gasteiger partial charge in [-0.25, -0.2) is 4.79 Å². The van der Waals surface area contributed by atoms with Gasteiger partial charge < -0.3 is 15.2 Å². The lowest BCUT2D eigenvalue weighted by molar-refractivity contribution is -0.0142. The first kappa shape index (κ1) is 16.4. The zero-order valence-corrected chi connectivity index (χ0v) is 14.8. The zero-order valence-electron chi connectivity index (χ0n) is 14.0. The molecule has 1 amide bonds. The number of carbonyl (C=O) groups excluding carboxylic acids is 1. The molecule has 0 saturated heterocycles. The van der Waals surface area contributed by atoms with Crippen molar-refractivity contribution in [2.24, 2.45) is 11.8 Å². The molecule has 4 bridgehead atoms. The van der Waals surface area contributed by atoms with Crippen LogP contribution >= 0.6 is 11.8 Å². The third-order valence-electron chi connectivity index (χ3n) is 5.27. The standard InChI is InChI=1S/C17H29NO3S/c1-15(2,3)21-14(20)18-16-7-12-6-13(8-16)10-17(9-12,11-16)22-5-4-19/h12-13,19H,4-11H2,1-3H3,(H,18,20). The molecule has 126 valence electrons. The molecule has 0 aliphatic heterocycles. The van der Waals surface area contributed by atoms with Gasteiger partial charge >= 0.3 is 6.09 Å². The Balaban J connectivity index is 1.72. The molecule has 5 heteroatoms. The predicted octanol–water partition coefficient (Wildman–Crippen LogP) is 3.33.